The molecule has 1 fully saturated rings. The highest BCUT2D eigenvalue weighted by molar-refractivity contribution is 7.88. The normalized spacial score (nSPS) is 17.4. The summed E-state index contributed by atoms with van der Waals surface area (Å²) in [5.74, 6) is -0.715. The van der Waals surface area contributed by atoms with Crippen molar-refractivity contribution in [1.29, 1.82) is 0 Å². The SMILES string of the molecule is CS(=O)(=O)N1CCN(CCC(=O)Nc2ccccc2F)CC1. The summed E-state index contributed by atoms with van der Waals surface area (Å²) in [4.78, 5) is 13.9. The van der Waals surface area contributed by atoms with E-state index in [9.17, 15) is 17.6 Å². The Balaban J connectivity index is 1.75. The molecule has 0 saturated carbocycles. The van der Waals surface area contributed by atoms with Crippen LogP contribution >= 0.6 is 0 Å². The Morgan fingerprint density at radius 2 is 1.86 bits per heavy atom. The maximum atomic E-state index is 13.4. The summed E-state index contributed by atoms with van der Waals surface area (Å²) in [6.45, 7) is 2.60. The van der Waals surface area contributed by atoms with Crippen LogP contribution in [0.2, 0.25) is 0 Å². The molecule has 0 aromatic heterocycles. The Kier molecular flexibility index (Phi) is 5.49. The van der Waals surface area contributed by atoms with E-state index in [0.29, 0.717) is 32.7 Å². The number of para-hydroxylation sites is 1. The van der Waals surface area contributed by atoms with Crippen LogP contribution in [0, 0.1) is 5.82 Å². The lowest BCUT2D eigenvalue weighted by atomic mass is 10.2. The van der Waals surface area contributed by atoms with E-state index in [4.69, 9.17) is 0 Å². The molecule has 22 heavy (non-hydrogen) atoms. The number of carbonyl (C=O) groups is 1. The topological polar surface area (TPSA) is 69.7 Å². The number of nitrogens with zero attached hydrogens (tertiary/aromatic N) is 2. The standard InChI is InChI=1S/C14H20FN3O3S/c1-22(20,21)18-10-8-17(9-11-18)7-6-14(19)16-13-5-3-2-4-12(13)15/h2-5H,6-11H2,1H3,(H,16,19). The largest absolute Gasteiger partial charge is 0.324 e. The summed E-state index contributed by atoms with van der Waals surface area (Å²) in [5, 5.41) is 2.54. The van der Waals surface area contributed by atoms with E-state index in [1.54, 1.807) is 12.1 Å². The van der Waals surface area contributed by atoms with Gasteiger partial charge >= 0.3 is 0 Å². The Morgan fingerprint density at radius 1 is 1.23 bits per heavy atom. The van der Waals surface area contributed by atoms with Crippen molar-refractivity contribution in [2.24, 2.45) is 0 Å². The van der Waals surface area contributed by atoms with E-state index in [-0.39, 0.29) is 18.0 Å². The molecule has 1 N–H and O–H groups in total. The van der Waals surface area contributed by atoms with E-state index in [1.807, 2.05) is 4.90 Å². The van der Waals surface area contributed by atoms with Gasteiger partial charge in [0.1, 0.15) is 5.82 Å². The average molecular weight is 329 g/mol. The third-order valence-electron chi connectivity index (χ3n) is 3.60. The molecule has 6 nitrogen and oxygen atoms in total. The summed E-state index contributed by atoms with van der Waals surface area (Å²) in [7, 11) is -3.14. The van der Waals surface area contributed by atoms with Gasteiger partial charge < -0.3 is 10.2 Å². The quantitative estimate of drug-likeness (QED) is 0.865. The van der Waals surface area contributed by atoms with Crippen molar-refractivity contribution < 1.29 is 17.6 Å². The van der Waals surface area contributed by atoms with Crippen molar-refractivity contribution in [3.63, 3.8) is 0 Å². The van der Waals surface area contributed by atoms with Crippen LogP contribution in [0.3, 0.4) is 0 Å². The van der Waals surface area contributed by atoms with E-state index < -0.39 is 15.8 Å². The third-order valence-corrected chi connectivity index (χ3v) is 4.91. The van der Waals surface area contributed by atoms with E-state index >= 15 is 0 Å². The van der Waals surface area contributed by atoms with Crippen molar-refractivity contribution in [2.45, 2.75) is 6.42 Å². The van der Waals surface area contributed by atoms with Gasteiger partial charge in [-0.15, -0.1) is 0 Å². The number of hydrogen-bond donors (Lipinski definition) is 1. The molecule has 0 radical (unpaired) electrons. The molecule has 1 aromatic rings. The zero-order chi connectivity index (χ0) is 16.2. The first-order valence-corrected chi connectivity index (χ1v) is 8.93. The molecule has 0 aliphatic carbocycles. The van der Waals surface area contributed by atoms with Crippen molar-refractivity contribution in [3.8, 4) is 0 Å². The summed E-state index contributed by atoms with van der Waals surface area (Å²) < 4.78 is 37.6. The second kappa shape index (κ2) is 7.17. The Morgan fingerprint density at radius 3 is 2.45 bits per heavy atom. The third kappa shape index (κ3) is 4.75. The molecule has 122 valence electrons. The lowest BCUT2D eigenvalue weighted by molar-refractivity contribution is -0.116. The molecule has 0 bridgehead atoms. The van der Waals surface area contributed by atoms with Crippen LogP contribution in [0.4, 0.5) is 10.1 Å². The van der Waals surface area contributed by atoms with Crippen molar-refractivity contribution >= 4 is 21.6 Å². The molecule has 2 rings (SSSR count). The number of nitrogens with one attached hydrogen (secondary N) is 1. The van der Waals surface area contributed by atoms with E-state index in [0.717, 1.165) is 0 Å². The minimum absolute atomic E-state index is 0.175. The average Bonchev–Trinajstić information content (AvgIpc) is 2.47. The van der Waals surface area contributed by atoms with Crippen LogP contribution in [0.15, 0.2) is 24.3 Å². The molecule has 0 spiro atoms. The van der Waals surface area contributed by atoms with Gasteiger partial charge in [0.05, 0.1) is 11.9 Å². The number of rotatable bonds is 5. The Labute approximate surface area is 130 Å². The fraction of sp³-hybridized carbons (Fsp3) is 0.500. The number of benzene rings is 1. The second-order valence-corrected chi connectivity index (χ2v) is 7.26. The molecule has 1 amide bonds. The first-order valence-electron chi connectivity index (χ1n) is 7.08. The van der Waals surface area contributed by atoms with Gasteiger partial charge in [0.2, 0.25) is 15.9 Å². The molecular weight excluding hydrogens is 309 g/mol. The van der Waals surface area contributed by atoms with Crippen LogP contribution in [-0.4, -0.2) is 62.5 Å². The smallest absolute Gasteiger partial charge is 0.225 e. The van der Waals surface area contributed by atoms with E-state index in [2.05, 4.69) is 5.32 Å². The highest BCUT2D eigenvalue weighted by Gasteiger charge is 2.23. The fourth-order valence-corrected chi connectivity index (χ4v) is 3.15. The zero-order valence-electron chi connectivity index (χ0n) is 12.5. The van der Waals surface area contributed by atoms with Gasteiger partial charge in [-0.3, -0.25) is 4.79 Å². The molecule has 1 aliphatic rings. The van der Waals surface area contributed by atoms with E-state index in [1.165, 1.54) is 22.7 Å². The molecular formula is C14H20FN3O3S. The maximum Gasteiger partial charge on any atom is 0.225 e. The second-order valence-electron chi connectivity index (χ2n) is 5.28. The monoisotopic (exact) mass is 329 g/mol. The number of anilines is 1. The maximum absolute atomic E-state index is 13.4. The first kappa shape index (κ1) is 16.9. The molecule has 8 heteroatoms. The summed E-state index contributed by atoms with van der Waals surface area (Å²) in [6, 6.07) is 6.02. The molecule has 1 aromatic carbocycles. The van der Waals surface area contributed by atoms with Gasteiger partial charge in [0.15, 0.2) is 0 Å². The van der Waals surface area contributed by atoms with Crippen LogP contribution in [0.5, 0.6) is 0 Å². The van der Waals surface area contributed by atoms with Crippen molar-refractivity contribution in [1.82, 2.24) is 9.21 Å². The summed E-state index contributed by atoms with van der Waals surface area (Å²) in [6.07, 6.45) is 1.44. The summed E-state index contributed by atoms with van der Waals surface area (Å²) in [5.41, 5.74) is 0.175. The number of amides is 1. The number of sulfonamides is 1. The lowest BCUT2D eigenvalue weighted by Crippen LogP contribution is -2.48. The summed E-state index contributed by atoms with van der Waals surface area (Å²) >= 11 is 0. The highest BCUT2D eigenvalue weighted by Crippen LogP contribution is 2.13. The van der Waals surface area contributed by atoms with Gasteiger partial charge in [0.25, 0.3) is 0 Å². The molecule has 1 saturated heterocycles. The Hall–Kier alpha value is -1.51. The van der Waals surface area contributed by atoms with Gasteiger partial charge in [-0.2, -0.15) is 4.31 Å². The minimum Gasteiger partial charge on any atom is -0.324 e. The predicted molar refractivity (Wildman–Crippen MR) is 82.5 cm³/mol. The first-order chi connectivity index (χ1) is 10.4. The minimum atomic E-state index is -3.14. The number of carbonyl (C=O) groups excluding carboxylic acids is 1. The fourth-order valence-electron chi connectivity index (χ4n) is 2.32. The van der Waals surface area contributed by atoms with Gasteiger partial charge in [-0.1, -0.05) is 12.1 Å². The number of hydrogen-bond acceptors (Lipinski definition) is 4. The van der Waals surface area contributed by atoms with Gasteiger partial charge in [0, 0.05) is 39.1 Å². The molecule has 0 unspecified atom stereocenters. The molecule has 0 atom stereocenters. The van der Waals surface area contributed by atoms with Gasteiger partial charge in [-0.05, 0) is 12.1 Å². The predicted octanol–water partition coefficient (Wildman–Crippen LogP) is 0.731. The van der Waals surface area contributed by atoms with Crippen molar-refractivity contribution in [2.75, 3.05) is 44.3 Å². The van der Waals surface area contributed by atoms with Crippen LogP contribution < -0.4 is 5.32 Å². The lowest BCUT2D eigenvalue weighted by Gasteiger charge is -2.32. The molecule has 1 heterocycles. The molecule has 1 aliphatic heterocycles. The highest BCUT2D eigenvalue weighted by atomic mass is 32.2. The van der Waals surface area contributed by atoms with Crippen molar-refractivity contribution in [3.05, 3.63) is 30.1 Å². The van der Waals surface area contributed by atoms with Crippen LogP contribution in [-0.2, 0) is 14.8 Å². The van der Waals surface area contributed by atoms with Gasteiger partial charge in [-0.25, -0.2) is 12.8 Å². The Bertz CT molecular complexity index is 628. The number of piperazine rings is 1. The number of halogens is 1. The van der Waals surface area contributed by atoms with Crippen LogP contribution in [0.25, 0.3) is 0 Å². The van der Waals surface area contributed by atoms with Crippen LogP contribution in [0.1, 0.15) is 6.42 Å². The zero-order valence-corrected chi connectivity index (χ0v) is 13.3.